The van der Waals surface area contributed by atoms with Crippen LogP contribution in [-0.4, -0.2) is 16.8 Å². The highest BCUT2D eigenvalue weighted by molar-refractivity contribution is 7.13. The predicted octanol–water partition coefficient (Wildman–Crippen LogP) is 7.35. The van der Waals surface area contributed by atoms with Gasteiger partial charge in [-0.05, 0) is 52.9 Å². The second-order valence-electron chi connectivity index (χ2n) is 9.67. The van der Waals surface area contributed by atoms with Crippen LogP contribution in [0.3, 0.4) is 0 Å². The van der Waals surface area contributed by atoms with E-state index in [1.54, 1.807) is 5.38 Å². The van der Waals surface area contributed by atoms with E-state index in [1.807, 2.05) is 97.1 Å². The molecule has 0 aliphatic rings. The molecule has 5 rings (SSSR count). The van der Waals surface area contributed by atoms with Gasteiger partial charge in [-0.1, -0.05) is 86.6 Å². The van der Waals surface area contributed by atoms with E-state index in [9.17, 15) is 9.59 Å². The van der Waals surface area contributed by atoms with E-state index >= 15 is 0 Å². The van der Waals surface area contributed by atoms with Gasteiger partial charge in [0, 0.05) is 10.9 Å². The van der Waals surface area contributed by atoms with Gasteiger partial charge in [-0.3, -0.25) is 20.4 Å². The molecule has 0 fully saturated rings. The van der Waals surface area contributed by atoms with Crippen LogP contribution in [0.15, 0.2) is 102 Å². The zero-order valence-electron chi connectivity index (χ0n) is 21.8. The molecule has 39 heavy (non-hydrogen) atoms. The standard InChI is InChI=1S/C32H29N3O3S/c1-21(2)19-28(23-15-17-25(18-16-23)38-24-11-4-3-5-12-24)30(36)34-35-31(37)29-20-39-32(33-29)27-14-8-10-22-9-6-7-13-26(22)27/h3-18,20-21,28H,19H2,1-2H3,(H,34,36)(H,35,37). The Balaban J connectivity index is 1.25. The van der Waals surface area contributed by atoms with Gasteiger partial charge in [-0.25, -0.2) is 4.98 Å². The summed E-state index contributed by atoms with van der Waals surface area (Å²) in [6.45, 7) is 4.13. The lowest BCUT2D eigenvalue weighted by atomic mass is 9.89. The molecule has 0 saturated carbocycles. The Bertz CT molecular complexity index is 1570. The molecule has 1 heterocycles. The van der Waals surface area contributed by atoms with E-state index in [0.717, 1.165) is 32.7 Å². The number of ether oxygens (including phenoxy) is 1. The summed E-state index contributed by atoms with van der Waals surface area (Å²) in [7, 11) is 0. The van der Waals surface area contributed by atoms with Gasteiger partial charge in [0.05, 0.1) is 5.92 Å². The molecule has 2 N–H and O–H groups in total. The number of para-hydroxylation sites is 1. The lowest BCUT2D eigenvalue weighted by Gasteiger charge is -2.19. The number of thiazole rings is 1. The summed E-state index contributed by atoms with van der Waals surface area (Å²) < 4.78 is 5.88. The number of nitrogens with zero attached hydrogens (tertiary/aromatic N) is 1. The Morgan fingerprint density at radius 2 is 1.51 bits per heavy atom. The molecule has 7 heteroatoms. The Labute approximate surface area is 231 Å². The number of nitrogens with one attached hydrogen (secondary N) is 2. The first-order valence-electron chi connectivity index (χ1n) is 12.8. The van der Waals surface area contributed by atoms with E-state index < -0.39 is 11.8 Å². The fourth-order valence-corrected chi connectivity index (χ4v) is 5.28. The van der Waals surface area contributed by atoms with Gasteiger partial charge in [0.25, 0.3) is 5.91 Å². The third-order valence-electron chi connectivity index (χ3n) is 6.34. The van der Waals surface area contributed by atoms with Crippen LogP contribution in [0.2, 0.25) is 0 Å². The van der Waals surface area contributed by atoms with Crippen LogP contribution in [0, 0.1) is 5.92 Å². The average Bonchev–Trinajstić information content (AvgIpc) is 3.45. The van der Waals surface area contributed by atoms with E-state index in [1.165, 1.54) is 11.3 Å². The molecule has 0 saturated heterocycles. The van der Waals surface area contributed by atoms with Crippen molar-refractivity contribution in [2.45, 2.75) is 26.2 Å². The number of hydrazine groups is 1. The number of aromatic nitrogens is 1. The van der Waals surface area contributed by atoms with Crippen molar-refractivity contribution < 1.29 is 14.3 Å². The third kappa shape index (κ3) is 6.33. The van der Waals surface area contributed by atoms with Crippen molar-refractivity contribution in [2.75, 3.05) is 0 Å². The smallest absolute Gasteiger partial charge is 0.289 e. The van der Waals surface area contributed by atoms with Crippen LogP contribution in [0.25, 0.3) is 21.3 Å². The Kier molecular flexibility index (Phi) is 7.99. The fourth-order valence-electron chi connectivity index (χ4n) is 4.44. The van der Waals surface area contributed by atoms with Crippen molar-refractivity contribution >= 4 is 33.9 Å². The van der Waals surface area contributed by atoms with Crippen molar-refractivity contribution in [1.29, 1.82) is 0 Å². The first kappa shape index (κ1) is 26.1. The Morgan fingerprint density at radius 1 is 0.821 bits per heavy atom. The molecule has 5 aromatic rings. The zero-order valence-corrected chi connectivity index (χ0v) is 22.6. The summed E-state index contributed by atoms with van der Waals surface area (Å²) in [5, 5.41) is 4.64. The summed E-state index contributed by atoms with van der Waals surface area (Å²) >= 11 is 1.40. The molecule has 0 spiro atoms. The minimum atomic E-state index is -0.457. The molecule has 2 amide bonds. The van der Waals surface area contributed by atoms with Crippen LogP contribution in [0.1, 0.15) is 42.2 Å². The van der Waals surface area contributed by atoms with Crippen molar-refractivity contribution in [1.82, 2.24) is 15.8 Å². The van der Waals surface area contributed by atoms with E-state index in [2.05, 4.69) is 29.7 Å². The van der Waals surface area contributed by atoms with Gasteiger partial charge in [-0.2, -0.15) is 0 Å². The van der Waals surface area contributed by atoms with Crippen molar-refractivity contribution in [3.8, 4) is 22.1 Å². The minimum absolute atomic E-state index is 0.256. The number of rotatable bonds is 8. The lowest BCUT2D eigenvalue weighted by molar-refractivity contribution is -0.123. The molecule has 1 atom stereocenters. The highest BCUT2D eigenvalue weighted by Crippen LogP contribution is 2.31. The molecule has 0 aliphatic heterocycles. The third-order valence-corrected chi connectivity index (χ3v) is 7.22. The quantitative estimate of drug-likeness (QED) is 0.204. The van der Waals surface area contributed by atoms with Gasteiger partial charge in [0.1, 0.15) is 22.2 Å². The molecule has 1 aromatic heterocycles. The second-order valence-corrected chi connectivity index (χ2v) is 10.5. The highest BCUT2D eigenvalue weighted by atomic mass is 32.1. The molecular formula is C32H29N3O3S. The number of amides is 2. The van der Waals surface area contributed by atoms with Crippen molar-refractivity contribution in [2.24, 2.45) is 5.92 Å². The van der Waals surface area contributed by atoms with Crippen LogP contribution in [-0.2, 0) is 4.79 Å². The summed E-state index contributed by atoms with van der Waals surface area (Å²) in [5.41, 5.74) is 7.24. The molecule has 196 valence electrons. The van der Waals surface area contributed by atoms with Crippen LogP contribution < -0.4 is 15.6 Å². The summed E-state index contributed by atoms with van der Waals surface area (Å²) in [6, 6.07) is 31.1. The molecule has 6 nitrogen and oxygen atoms in total. The largest absolute Gasteiger partial charge is 0.457 e. The summed E-state index contributed by atoms with van der Waals surface area (Å²) in [5.74, 6) is 0.540. The topological polar surface area (TPSA) is 80.3 Å². The number of carbonyl (C=O) groups is 2. The molecule has 4 aromatic carbocycles. The van der Waals surface area contributed by atoms with Crippen molar-refractivity contribution in [3.63, 3.8) is 0 Å². The van der Waals surface area contributed by atoms with Gasteiger partial charge >= 0.3 is 0 Å². The van der Waals surface area contributed by atoms with Gasteiger partial charge in [0.15, 0.2) is 0 Å². The zero-order chi connectivity index (χ0) is 27.2. The van der Waals surface area contributed by atoms with E-state index in [0.29, 0.717) is 12.2 Å². The van der Waals surface area contributed by atoms with Crippen LogP contribution in [0.4, 0.5) is 0 Å². The summed E-state index contributed by atoms with van der Waals surface area (Å²) in [4.78, 5) is 30.6. The number of carbonyl (C=O) groups excluding carboxylic acids is 2. The van der Waals surface area contributed by atoms with Gasteiger partial charge < -0.3 is 4.74 Å². The minimum Gasteiger partial charge on any atom is -0.457 e. The molecule has 0 radical (unpaired) electrons. The Hall–Kier alpha value is -4.49. The lowest BCUT2D eigenvalue weighted by Crippen LogP contribution is -2.44. The monoisotopic (exact) mass is 535 g/mol. The van der Waals surface area contributed by atoms with E-state index in [4.69, 9.17) is 4.74 Å². The molecule has 0 aliphatic carbocycles. The normalized spacial score (nSPS) is 11.8. The van der Waals surface area contributed by atoms with Gasteiger partial charge in [0.2, 0.25) is 5.91 Å². The Morgan fingerprint density at radius 3 is 2.28 bits per heavy atom. The fraction of sp³-hybridized carbons (Fsp3) is 0.156. The van der Waals surface area contributed by atoms with Crippen LogP contribution >= 0.6 is 11.3 Å². The second kappa shape index (κ2) is 11.9. The predicted molar refractivity (Wildman–Crippen MR) is 156 cm³/mol. The maximum atomic E-state index is 13.2. The van der Waals surface area contributed by atoms with Gasteiger partial charge in [-0.15, -0.1) is 11.3 Å². The summed E-state index contributed by atoms with van der Waals surface area (Å²) in [6.07, 6.45) is 0.628. The number of hydrogen-bond donors (Lipinski definition) is 2. The number of fused-ring (bicyclic) bond motifs is 1. The van der Waals surface area contributed by atoms with Crippen LogP contribution in [0.5, 0.6) is 11.5 Å². The molecule has 1 unspecified atom stereocenters. The average molecular weight is 536 g/mol. The first-order chi connectivity index (χ1) is 19.0. The number of hydrogen-bond acceptors (Lipinski definition) is 5. The van der Waals surface area contributed by atoms with E-state index in [-0.39, 0.29) is 17.5 Å². The molecular weight excluding hydrogens is 506 g/mol. The van der Waals surface area contributed by atoms with Crippen molar-refractivity contribution in [3.05, 3.63) is 114 Å². The SMILES string of the molecule is CC(C)CC(C(=O)NNC(=O)c1csc(-c2cccc3ccccc23)n1)c1ccc(Oc2ccccc2)cc1. The number of benzene rings is 4. The molecule has 0 bridgehead atoms. The highest BCUT2D eigenvalue weighted by Gasteiger charge is 2.23. The maximum absolute atomic E-state index is 13.2. The maximum Gasteiger partial charge on any atom is 0.289 e. The first-order valence-corrected chi connectivity index (χ1v) is 13.7.